The molecule has 0 aliphatic carbocycles. The zero-order chi connectivity index (χ0) is 14.5. The molecule has 0 saturated heterocycles. The predicted molar refractivity (Wildman–Crippen MR) is 76.9 cm³/mol. The summed E-state index contributed by atoms with van der Waals surface area (Å²) in [6, 6.07) is 3.18. The molecular weight excluding hydrogens is 312 g/mol. The Morgan fingerprint density at radius 3 is 2.84 bits per heavy atom. The Hall–Kier alpha value is -1.56. The van der Waals surface area contributed by atoms with E-state index in [-0.39, 0.29) is 5.75 Å². The maximum atomic E-state index is 11.4. The van der Waals surface area contributed by atoms with Crippen molar-refractivity contribution in [1.82, 2.24) is 10.3 Å². The van der Waals surface area contributed by atoms with E-state index in [0.29, 0.717) is 16.8 Å². The average Bonchev–Trinajstić information content (AvgIpc) is 2.26. The summed E-state index contributed by atoms with van der Waals surface area (Å²) in [5.74, 6) is 0.0803. The van der Waals surface area contributed by atoms with Gasteiger partial charge in [0.05, 0.1) is 0 Å². The molecule has 5 nitrogen and oxygen atoms in total. The number of ether oxygens (including phenoxy) is 1. The number of pyridine rings is 1. The molecule has 0 radical (unpaired) electrons. The molecule has 0 aromatic carbocycles. The summed E-state index contributed by atoms with van der Waals surface area (Å²) in [5, 5.41) is 12.1. The van der Waals surface area contributed by atoms with E-state index in [0.717, 1.165) is 0 Å². The van der Waals surface area contributed by atoms with E-state index in [1.807, 2.05) is 0 Å². The fraction of sp³-hybridized carbons (Fsp3) is 0.385. The highest BCUT2D eigenvalue weighted by molar-refractivity contribution is 9.10. The third-order valence-corrected chi connectivity index (χ3v) is 2.35. The van der Waals surface area contributed by atoms with E-state index < -0.39 is 11.7 Å². The first-order chi connectivity index (χ1) is 8.78. The molecule has 1 amide bonds. The van der Waals surface area contributed by atoms with Gasteiger partial charge in [-0.2, -0.15) is 0 Å². The van der Waals surface area contributed by atoms with Crippen LogP contribution < -0.4 is 5.32 Å². The van der Waals surface area contributed by atoms with E-state index >= 15 is 0 Å². The lowest BCUT2D eigenvalue weighted by atomic mass is 10.2. The third-order valence-electron chi connectivity index (χ3n) is 1.91. The van der Waals surface area contributed by atoms with Crippen molar-refractivity contribution in [3.63, 3.8) is 0 Å². The van der Waals surface area contributed by atoms with Crippen LogP contribution in [0.3, 0.4) is 0 Å². The minimum absolute atomic E-state index is 0.0803. The lowest BCUT2D eigenvalue weighted by molar-refractivity contribution is 0.0534. The second-order valence-electron chi connectivity index (χ2n) is 4.82. The lowest BCUT2D eigenvalue weighted by Crippen LogP contribution is -2.32. The summed E-state index contributed by atoms with van der Waals surface area (Å²) in [5.41, 5.74) is -0.0851. The molecule has 19 heavy (non-hydrogen) atoms. The van der Waals surface area contributed by atoms with Crippen molar-refractivity contribution in [3.8, 4) is 5.75 Å². The number of alkyl carbamates (subject to hydrolysis) is 1. The number of carbonyl (C=O) groups excluding carboxylic acids is 1. The summed E-state index contributed by atoms with van der Waals surface area (Å²) in [6.45, 7) is 5.69. The summed E-state index contributed by atoms with van der Waals surface area (Å²) >= 11 is 3.22. The number of nitrogens with zero attached hydrogens (tertiary/aromatic N) is 1. The number of hydrogen-bond acceptors (Lipinski definition) is 4. The van der Waals surface area contributed by atoms with E-state index in [1.54, 1.807) is 39.0 Å². The monoisotopic (exact) mass is 328 g/mol. The maximum absolute atomic E-state index is 11.4. The van der Waals surface area contributed by atoms with Crippen LogP contribution >= 0.6 is 15.9 Å². The number of amides is 1. The van der Waals surface area contributed by atoms with Gasteiger partial charge in [0, 0.05) is 6.54 Å². The lowest BCUT2D eigenvalue weighted by Gasteiger charge is -2.19. The van der Waals surface area contributed by atoms with E-state index in [1.165, 1.54) is 6.07 Å². The van der Waals surface area contributed by atoms with Gasteiger partial charge >= 0.3 is 6.09 Å². The molecule has 2 N–H and O–H groups in total. The number of aromatic nitrogens is 1. The number of carbonyl (C=O) groups is 1. The quantitative estimate of drug-likeness (QED) is 0.836. The van der Waals surface area contributed by atoms with Gasteiger partial charge in [0.1, 0.15) is 21.6 Å². The molecule has 1 aromatic heterocycles. The third kappa shape index (κ3) is 6.24. The van der Waals surface area contributed by atoms with Crippen LogP contribution in [0.4, 0.5) is 4.79 Å². The largest absolute Gasteiger partial charge is 0.506 e. The minimum atomic E-state index is -0.516. The highest BCUT2D eigenvalue weighted by atomic mass is 79.9. The van der Waals surface area contributed by atoms with Crippen molar-refractivity contribution in [3.05, 3.63) is 28.5 Å². The molecule has 0 fully saturated rings. The van der Waals surface area contributed by atoms with Crippen molar-refractivity contribution >= 4 is 28.1 Å². The molecular formula is C13H17BrN2O3. The normalized spacial score (nSPS) is 11.6. The smallest absolute Gasteiger partial charge is 0.407 e. The van der Waals surface area contributed by atoms with Crippen molar-refractivity contribution < 1.29 is 14.6 Å². The Morgan fingerprint density at radius 2 is 2.21 bits per heavy atom. The molecule has 1 aromatic rings. The Bertz CT molecular complexity index is 481. The van der Waals surface area contributed by atoms with Gasteiger partial charge in [-0.05, 0) is 54.9 Å². The van der Waals surface area contributed by atoms with Crippen LogP contribution in [0.25, 0.3) is 6.08 Å². The molecule has 104 valence electrons. The molecule has 1 rings (SSSR count). The zero-order valence-electron chi connectivity index (χ0n) is 11.1. The second kappa shape index (κ2) is 6.56. The molecule has 0 spiro atoms. The molecule has 6 heteroatoms. The van der Waals surface area contributed by atoms with Gasteiger partial charge in [0.15, 0.2) is 0 Å². The first-order valence-electron chi connectivity index (χ1n) is 5.77. The molecule has 0 unspecified atom stereocenters. The Balaban J connectivity index is 2.47. The van der Waals surface area contributed by atoms with Gasteiger partial charge in [-0.1, -0.05) is 6.08 Å². The average molecular weight is 329 g/mol. The zero-order valence-corrected chi connectivity index (χ0v) is 12.7. The predicted octanol–water partition coefficient (Wildman–Crippen LogP) is 3.09. The number of halogens is 1. The van der Waals surface area contributed by atoms with Crippen LogP contribution in [0, 0.1) is 0 Å². The number of hydrogen-bond donors (Lipinski definition) is 2. The maximum Gasteiger partial charge on any atom is 0.407 e. The van der Waals surface area contributed by atoms with Gasteiger partial charge in [-0.3, -0.25) is 0 Å². The van der Waals surface area contributed by atoms with Gasteiger partial charge in [0.2, 0.25) is 0 Å². The molecule has 0 bridgehead atoms. The molecule has 0 aliphatic rings. The van der Waals surface area contributed by atoms with Crippen LogP contribution in [0.5, 0.6) is 5.75 Å². The van der Waals surface area contributed by atoms with Gasteiger partial charge in [-0.25, -0.2) is 9.78 Å². The summed E-state index contributed by atoms with van der Waals surface area (Å²) in [4.78, 5) is 15.4. The highest BCUT2D eigenvalue weighted by Crippen LogP contribution is 2.18. The van der Waals surface area contributed by atoms with Crippen molar-refractivity contribution in [1.29, 1.82) is 0 Å². The van der Waals surface area contributed by atoms with Crippen LogP contribution in [-0.2, 0) is 4.74 Å². The molecule has 1 heterocycles. The first kappa shape index (κ1) is 15.5. The summed E-state index contributed by atoms with van der Waals surface area (Å²) < 4.78 is 5.71. The topological polar surface area (TPSA) is 71.5 Å². The van der Waals surface area contributed by atoms with Crippen LogP contribution in [-0.4, -0.2) is 28.3 Å². The first-order valence-corrected chi connectivity index (χ1v) is 6.56. The van der Waals surface area contributed by atoms with Crippen LogP contribution in [0.15, 0.2) is 22.8 Å². The standard InChI is InChI=1S/C13H17BrN2O3/c1-13(2,3)19-12(18)15-8-4-5-9-10(17)6-7-11(14)16-9/h4-7,17H,8H2,1-3H3,(H,15,18). The van der Waals surface area contributed by atoms with Crippen molar-refractivity contribution in [2.75, 3.05) is 6.54 Å². The van der Waals surface area contributed by atoms with E-state index in [2.05, 4.69) is 26.2 Å². The van der Waals surface area contributed by atoms with Gasteiger partial charge in [-0.15, -0.1) is 0 Å². The highest BCUT2D eigenvalue weighted by Gasteiger charge is 2.14. The van der Waals surface area contributed by atoms with Crippen LogP contribution in [0.1, 0.15) is 26.5 Å². The van der Waals surface area contributed by atoms with E-state index in [4.69, 9.17) is 4.74 Å². The van der Waals surface area contributed by atoms with E-state index in [9.17, 15) is 9.90 Å². The minimum Gasteiger partial charge on any atom is -0.506 e. The summed E-state index contributed by atoms with van der Waals surface area (Å²) in [6.07, 6.45) is 2.82. The molecule has 0 saturated carbocycles. The van der Waals surface area contributed by atoms with Gasteiger partial charge < -0.3 is 15.2 Å². The van der Waals surface area contributed by atoms with Crippen molar-refractivity contribution in [2.24, 2.45) is 0 Å². The fourth-order valence-electron chi connectivity index (χ4n) is 1.19. The summed E-state index contributed by atoms with van der Waals surface area (Å²) in [7, 11) is 0. The number of nitrogens with one attached hydrogen (secondary N) is 1. The Labute approximate surface area is 120 Å². The fourth-order valence-corrected chi connectivity index (χ4v) is 1.52. The SMILES string of the molecule is CC(C)(C)OC(=O)NCC=Cc1nc(Br)ccc1O. The molecule has 0 aliphatic heterocycles. The molecule has 0 atom stereocenters. The Morgan fingerprint density at radius 1 is 1.53 bits per heavy atom. The number of aromatic hydroxyl groups is 1. The van der Waals surface area contributed by atoms with Gasteiger partial charge in [0.25, 0.3) is 0 Å². The van der Waals surface area contributed by atoms with Crippen LogP contribution in [0.2, 0.25) is 0 Å². The number of rotatable bonds is 3. The van der Waals surface area contributed by atoms with Crippen molar-refractivity contribution in [2.45, 2.75) is 26.4 Å². The Kier molecular flexibility index (Phi) is 5.35. The second-order valence-corrected chi connectivity index (χ2v) is 5.64.